The van der Waals surface area contributed by atoms with Crippen LogP contribution in [0.1, 0.15) is 13.8 Å². The lowest BCUT2D eigenvalue weighted by Gasteiger charge is -2.40. The Morgan fingerprint density at radius 1 is 1.15 bits per heavy atom. The second kappa shape index (κ2) is 6.22. The third kappa shape index (κ3) is 3.28. The van der Waals surface area contributed by atoms with Crippen LogP contribution in [0.5, 0.6) is 0 Å². The monoisotopic (exact) mass is 280 g/mol. The highest BCUT2D eigenvalue weighted by molar-refractivity contribution is 5.73. The van der Waals surface area contributed by atoms with Gasteiger partial charge in [0.05, 0.1) is 0 Å². The first kappa shape index (κ1) is 14.8. The molecule has 1 N–H and O–H groups in total. The third-order valence-electron chi connectivity index (χ3n) is 3.78. The minimum Gasteiger partial charge on any atom is -0.480 e. The lowest BCUT2D eigenvalue weighted by atomic mass is 10.0. The Balaban J connectivity index is 1.98. The largest absolute Gasteiger partial charge is 0.480 e. The van der Waals surface area contributed by atoms with Crippen molar-refractivity contribution in [3.05, 3.63) is 30.1 Å². The average molecular weight is 280 g/mol. The fourth-order valence-corrected chi connectivity index (χ4v) is 2.77. The van der Waals surface area contributed by atoms with Crippen molar-refractivity contribution in [3.8, 4) is 0 Å². The molecular weight excluding hydrogens is 259 g/mol. The molecule has 1 aliphatic heterocycles. The van der Waals surface area contributed by atoms with Crippen LogP contribution in [-0.2, 0) is 4.79 Å². The number of benzene rings is 1. The summed E-state index contributed by atoms with van der Waals surface area (Å²) in [6, 6.07) is 6.01. The second-order valence-corrected chi connectivity index (χ2v) is 5.53. The second-order valence-electron chi connectivity index (χ2n) is 5.53. The van der Waals surface area contributed by atoms with Gasteiger partial charge in [0.25, 0.3) is 0 Å². The molecule has 110 valence electrons. The molecule has 0 bridgehead atoms. The molecule has 1 heterocycles. The quantitative estimate of drug-likeness (QED) is 0.917. The van der Waals surface area contributed by atoms with Crippen molar-refractivity contribution in [2.24, 2.45) is 5.92 Å². The van der Waals surface area contributed by atoms with Crippen molar-refractivity contribution in [2.75, 3.05) is 31.1 Å². The van der Waals surface area contributed by atoms with Crippen LogP contribution in [0.15, 0.2) is 24.3 Å². The van der Waals surface area contributed by atoms with Crippen molar-refractivity contribution in [1.82, 2.24) is 4.90 Å². The fraction of sp³-hybridized carbons (Fsp3) is 0.533. The number of hydrogen-bond donors (Lipinski definition) is 1. The van der Waals surface area contributed by atoms with Gasteiger partial charge in [0.2, 0.25) is 0 Å². The van der Waals surface area contributed by atoms with Crippen LogP contribution in [0.3, 0.4) is 0 Å². The molecule has 0 aliphatic carbocycles. The van der Waals surface area contributed by atoms with Gasteiger partial charge in [0, 0.05) is 31.9 Å². The predicted molar refractivity (Wildman–Crippen MR) is 76.4 cm³/mol. The molecule has 4 nitrogen and oxygen atoms in total. The van der Waals surface area contributed by atoms with E-state index in [0.29, 0.717) is 13.1 Å². The molecule has 0 aromatic heterocycles. The van der Waals surface area contributed by atoms with Gasteiger partial charge in [-0.25, -0.2) is 4.39 Å². The molecule has 1 fully saturated rings. The van der Waals surface area contributed by atoms with Gasteiger partial charge >= 0.3 is 5.97 Å². The Bertz CT molecular complexity index is 453. The van der Waals surface area contributed by atoms with E-state index >= 15 is 0 Å². The minimum absolute atomic E-state index is 0.0878. The summed E-state index contributed by atoms with van der Waals surface area (Å²) in [4.78, 5) is 15.5. The Labute approximate surface area is 118 Å². The van der Waals surface area contributed by atoms with Crippen molar-refractivity contribution in [2.45, 2.75) is 19.9 Å². The first-order valence-electron chi connectivity index (χ1n) is 6.96. The summed E-state index contributed by atoms with van der Waals surface area (Å²) in [6.45, 7) is 6.83. The summed E-state index contributed by atoms with van der Waals surface area (Å²) in [5, 5.41) is 9.31. The van der Waals surface area contributed by atoms with Gasteiger partial charge in [-0.15, -0.1) is 0 Å². The van der Waals surface area contributed by atoms with Crippen molar-refractivity contribution in [1.29, 1.82) is 0 Å². The lowest BCUT2D eigenvalue weighted by molar-refractivity contribution is -0.145. The highest BCUT2D eigenvalue weighted by atomic mass is 19.1. The normalized spacial score (nSPS) is 18.3. The molecule has 0 saturated carbocycles. The van der Waals surface area contributed by atoms with Crippen molar-refractivity contribution in [3.63, 3.8) is 0 Å². The molecule has 1 saturated heterocycles. The number of aliphatic carboxylic acids is 1. The van der Waals surface area contributed by atoms with Gasteiger partial charge in [-0.2, -0.15) is 0 Å². The van der Waals surface area contributed by atoms with E-state index in [1.165, 1.54) is 12.1 Å². The zero-order valence-corrected chi connectivity index (χ0v) is 11.9. The zero-order valence-electron chi connectivity index (χ0n) is 11.9. The van der Waals surface area contributed by atoms with Crippen LogP contribution in [0, 0.1) is 11.7 Å². The number of rotatable bonds is 4. The molecular formula is C15H21FN2O2. The maximum Gasteiger partial charge on any atom is 0.321 e. The smallest absolute Gasteiger partial charge is 0.321 e. The van der Waals surface area contributed by atoms with E-state index in [2.05, 4.69) is 4.90 Å². The zero-order chi connectivity index (χ0) is 14.7. The van der Waals surface area contributed by atoms with E-state index in [1.807, 2.05) is 18.7 Å². The van der Waals surface area contributed by atoms with E-state index < -0.39 is 12.0 Å². The Kier molecular flexibility index (Phi) is 4.60. The van der Waals surface area contributed by atoms with Gasteiger partial charge < -0.3 is 10.0 Å². The molecule has 0 amide bonds. The number of halogens is 1. The Hall–Kier alpha value is -1.62. The van der Waals surface area contributed by atoms with E-state index in [9.17, 15) is 14.3 Å². The summed E-state index contributed by atoms with van der Waals surface area (Å²) in [6.07, 6.45) is 0. The number of nitrogens with zero attached hydrogens (tertiary/aromatic N) is 2. The third-order valence-corrected chi connectivity index (χ3v) is 3.78. The van der Waals surface area contributed by atoms with Crippen LogP contribution >= 0.6 is 0 Å². The molecule has 20 heavy (non-hydrogen) atoms. The van der Waals surface area contributed by atoms with Crippen LogP contribution in [0.2, 0.25) is 0 Å². The summed E-state index contributed by atoms with van der Waals surface area (Å²) in [7, 11) is 0. The maximum absolute atomic E-state index is 12.9. The lowest BCUT2D eigenvalue weighted by Crippen LogP contribution is -2.54. The molecule has 1 aliphatic rings. The van der Waals surface area contributed by atoms with E-state index in [0.717, 1.165) is 18.8 Å². The van der Waals surface area contributed by atoms with Crippen LogP contribution in [-0.4, -0.2) is 48.2 Å². The minimum atomic E-state index is -0.754. The summed E-state index contributed by atoms with van der Waals surface area (Å²) < 4.78 is 12.9. The molecule has 1 atom stereocenters. The highest BCUT2D eigenvalue weighted by Crippen LogP contribution is 2.19. The van der Waals surface area contributed by atoms with Gasteiger partial charge in [-0.05, 0) is 30.2 Å². The van der Waals surface area contributed by atoms with Gasteiger partial charge in [0.15, 0.2) is 0 Å². The summed E-state index contributed by atoms with van der Waals surface area (Å²) in [5.41, 5.74) is 0.988. The molecule has 0 radical (unpaired) electrons. The van der Waals surface area contributed by atoms with Crippen LogP contribution < -0.4 is 4.90 Å². The van der Waals surface area contributed by atoms with Crippen LogP contribution in [0.25, 0.3) is 0 Å². The van der Waals surface area contributed by atoms with Crippen molar-refractivity contribution < 1.29 is 14.3 Å². The number of carbonyl (C=O) groups is 1. The molecule has 2 rings (SSSR count). The van der Waals surface area contributed by atoms with Crippen molar-refractivity contribution >= 4 is 11.7 Å². The SMILES string of the molecule is CC(C)[C@H](C(=O)O)N1CCN(c2ccc(F)cc2)CC1. The maximum atomic E-state index is 12.9. The van der Waals surface area contributed by atoms with Gasteiger partial charge in [0.1, 0.15) is 11.9 Å². The van der Waals surface area contributed by atoms with Gasteiger partial charge in [-0.3, -0.25) is 9.69 Å². The van der Waals surface area contributed by atoms with Crippen LogP contribution in [0.4, 0.5) is 10.1 Å². The standard InChI is InChI=1S/C15H21FN2O2/c1-11(2)14(15(19)20)18-9-7-17(8-10-18)13-5-3-12(16)4-6-13/h3-6,11,14H,7-10H2,1-2H3,(H,19,20)/t14-/m1/s1. The summed E-state index contributed by atoms with van der Waals surface area (Å²) >= 11 is 0. The number of hydrogen-bond acceptors (Lipinski definition) is 3. The molecule has 1 aromatic carbocycles. The molecule has 0 spiro atoms. The number of piperazine rings is 1. The van der Waals surface area contributed by atoms with E-state index in [1.54, 1.807) is 12.1 Å². The first-order valence-corrected chi connectivity index (χ1v) is 6.96. The van der Waals surface area contributed by atoms with Gasteiger partial charge in [-0.1, -0.05) is 13.8 Å². The predicted octanol–water partition coefficient (Wildman–Crippen LogP) is 2.06. The summed E-state index contributed by atoms with van der Waals surface area (Å²) in [5.74, 6) is -0.904. The molecule has 0 unspecified atom stereocenters. The van der Waals surface area contributed by atoms with E-state index in [-0.39, 0.29) is 11.7 Å². The highest BCUT2D eigenvalue weighted by Gasteiger charge is 2.31. The fourth-order valence-electron chi connectivity index (χ4n) is 2.77. The Morgan fingerprint density at radius 3 is 2.15 bits per heavy atom. The van der Waals surface area contributed by atoms with E-state index in [4.69, 9.17) is 0 Å². The average Bonchev–Trinajstić information content (AvgIpc) is 2.40. The first-order chi connectivity index (χ1) is 9.49. The molecule has 5 heteroatoms. The molecule has 1 aromatic rings. The Morgan fingerprint density at radius 2 is 1.70 bits per heavy atom. The number of carboxylic acid groups (broad SMARTS) is 1. The number of carboxylic acids is 1. The topological polar surface area (TPSA) is 43.8 Å². The number of anilines is 1.